The molecule has 0 atom stereocenters. The van der Waals surface area contributed by atoms with Crippen LogP contribution in [-0.2, 0) is 19.6 Å². The summed E-state index contributed by atoms with van der Waals surface area (Å²) in [7, 11) is 0. The summed E-state index contributed by atoms with van der Waals surface area (Å²) in [6.07, 6.45) is 0.646. The van der Waals surface area contributed by atoms with Gasteiger partial charge in [-0.05, 0) is 66.9 Å². The Hall–Kier alpha value is -2.27. The monoisotopic (exact) mass is 449 g/mol. The van der Waals surface area contributed by atoms with Crippen molar-refractivity contribution in [1.82, 2.24) is 5.32 Å². The Labute approximate surface area is 188 Å². The molecule has 0 aromatic heterocycles. The third-order valence-corrected chi connectivity index (χ3v) is 4.73. The summed E-state index contributed by atoms with van der Waals surface area (Å²) < 4.78 is 25.4. The fourth-order valence-corrected chi connectivity index (χ4v) is 3.07. The molecule has 30 heavy (non-hydrogen) atoms. The number of rotatable bonds is 10. The van der Waals surface area contributed by atoms with Crippen LogP contribution in [0.1, 0.15) is 23.6 Å². The van der Waals surface area contributed by atoms with Crippen LogP contribution in [0.3, 0.4) is 0 Å². The molecule has 0 saturated carbocycles. The molecule has 3 aromatic rings. The van der Waals surface area contributed by atoms with Crippen LogP contribution in [0.15, 0.2) is 66.7 Å². The van der Waals surface area contributed by atoms with Gasteiger partial charge in [0.15, 0.2) is 11.5 Å². The molecule has 3 aromatic carbocycles. The van der Waals surface area contributed by atoms with Crippen LogP contribution in [0, 0.1) is 5.82 Å². The predicted molar refractivity (Wildman–Crippen MR) is 122 cm³/mol. The van der Waals surface area contributed by atoms with Gasteiger partial charge in [-0.25, -0.2) is 4.39 Å². The van der Waals surface area contributed by atoms with Gasteiger partial charge in [0, 0.05) is 11.6 Å². The SMILES string of the molecule is CCOc1cc(CNCCc2ccccc2F)ccc1OCc1ccc(Cl)cc1.Cl. The van der Waals surface area contributed by atoms with Crippen molar-refractivity contribution in [1.29, 1.82) is 0 Å². The van der Waals surface area contributed by atoms with E-state index in [2.05, 4.69) is 5.32 Å². The summed E-state index contributed by atoms with van der Waals surface area (Å²) in [5, 5.41) is 4.06. The van der Waals surface area contributed by atoms with Gasteiger partial charge in [-0.3, -0.25) is 0 Å². The highest BCUT2D eigenvalue weighted by Crippen LogP contribution is 2.29. The smallest absolute Gasteiger partial charge is 0.161 e. The van der Waals surface area contributed by atoms with E-state index >= 15 is 0 Å². The van der Waals surface area contributed by atoms with Crippen LogP contribution >= 0.6 is 24.0 Å². The van der Waals surface area contributed by atoms with E-state index in [9.17, 15) is 4.39 Å². The molecule has 160 valence electrons. The fourth-order valence-electron chi connectivity index (χ4n) is 2.95. The number of benzene rings is 3. The fraction of sp³-hybridized carbons (Fsp3) is 0.250. The zero-order chi connectivity index (χ0) is 20.5. The van der Waals surface area contributed by atoms with Crippen LogP contribution in [0.4, 0.5) is 4.39 Å². The van der Waals surface area contributed by atoms with Crippen molar-refractivity contribution >= 4 is 24.0 Å². The molecule has 0 fully saturated rings. The summed E-state index contributed by atoms with van der Waals surface area (Å²) in [6.45, 7) is 4.31. The van der Waals surface area contributed by atoms with E-state index in [-0.39, 0.29) is 18.2 Å². The van der Waals surface area contributed by atoms with Gasteiger partial charge in [-0.2, -0.15) is 0 Å². The summed E-state index contributed by atoms with van der Waals surface area (Å²) >= 11 is 5.92. The summed E-state index contributed by atoms with van der Waals surface area (Å²) in [6, 6.07) is 20.4. The summed E-state index contributed by atoms with van der Waals surface area (Å²) in [4.78, 5) is 0. The first-order valence-corrected chi connectivity index (χ1v) is 10.1. The average molecular weight is 450 g/mol. The number of hydrogen-bond donors (Lipinski definition) is 1. The average Bonchev–Trinajstić information content (AvgIpc) is 2.73. The van der Waals surface area contributed by atoms with Gasteiger partial charge in [0.1, 0.15) is 12.4 Å². The van der Waals surface area contributed by atoms with Crippen molar-refractivity contribution in [2.75, 3.05) is 13.2 Å². The Morgan fingerprint density at radius 3 is 2.37 bits per heavy atom. The van der Waals surface area contributed by atoms with E-state index in [4.69, 9.17) is 21.1 Å². The molecule has 3 nitrogen and oxygen atoms in total. The highest BCUT2D eigenvalue weighted by Gasteiger charge is 2.08. The summed E-state index contributed by atoms with van der Waals surface area (Å²) in [5.74, 6) is 1.27. The molecular weight excluding hydrogens is 424 g/mol. The van der Waals surface area contributed by atoms with E-state index in [1.54, 1.807) is 6.07 Å². The second-order valence-corrected chi connectivity index (χ2v) is 7.08. The Kier molecular flexibility index (Phi) is 9.95. The molecular formula is C24H26Cl2FNO2. The number of ether oxygens (including phenoxy) is 2. The van der Waals surface area contributed by atoms with Crippen LogP contribution in [0.25, 0.3) is 0 Å². The van der Waals surface area contributed by atoms with Crippen molar-refractivity contribution < 1.29 is 13.9 Å². The molecule has 0 amide bonds. The van der Waals surface area contributed by atoms with Crippen molar-refractivity contribution in [3.8, 4) is 11.5 Å². The Morgan fingerprint density at radius 2 is 1.63 bits per heavy atom. The lowest BCUT2D eigenvalue weighted by atomic mass is 10.1. The van der Waals surface area contributed by atoms with Gasteiger partial charge in [-0.15, -0.1) is 12.4 Å². The number of hydrogen-bond acceptors (Lipinski definition) is 3. The molecule has 0 saturated heterocycles. The van der Waals surface area contributed by atoms with Gasteiger partial charge < -0.3 is 14.8 Å². The largest absolute Gasteiger partial charge is 0.490 e. The third-order valence-electron chi connectivity index (χ3n) is 4.47. The van der Waals surface area contributed by atoms with Crippen LogP contribution in [0.2, 0.25) is 5.02 Å². The molecule has 0 bridgehead atoms. The molecule has 1 N–H and O–H groups in total. The van der Waals surface area contributed by atoms with Gasteiger partial charge in [0.2, 0.25) is 0 Å². The lowest BCUT2D eigenvalue weighted by Gasteiger charge is -2.14. The molecule has 0 aliphatic rings. The highest BCUT2D eigenvalue weighted by atomic mass is 35.5. The van der Waals surface area contributed by atoms with Crippen LogP contribution in [-0.4, -0.2) is 13.2 Å². The van der Waals surface area contributed by atoms with E-state index in [1.807, 2.05) is 61.5 Å². The zero-order valence-corrected chi connectivity index (χ0v) is 18.4. The molecule has 6 heteroatoms. The molecule has 0 heterocycles. The zero-order valence-electron chi connectivity index (χ0n) is 16.9. The first-order chi connectivity index (χ1) is 14.2. The predicted octanol–water partition coefficient (Wildman–Crippen LogP) is 6.21. The van der Waals surface area contributed by atoms with Gasteiger partial charge in [0.25, 0.3) is 0 Å². The Balaban J connectivity index is 0.00000320. The Bertz CT molecular complexity index is 919. The maximum atomic E-state index is 13.7. The van der Waals surface area contributed by atoms with Gasteiger partial charge >= 0.3 is 0 Å². The van der Waals surface area contributed by atoms with Crippen LogP contribution in [0.5, 0.6) is 11.5 Å². The number of halogens is 3. The molecule has 0 aliphatic carbocycles. The number of nitrogens with one attached hydrogen (secondary N) is 1. The van der Waals surface area contributed by atoms with E-state index in [0.717, 1.165) is 22.4 Å². The van der Waals surface area contributed by atoms with Gasteiger partial charge in [-0.1, -0.05) is 48.0 Å². The van der Waals surface area contributed by atoms with E-state index < -0.39 is 0 Å². The first kappa shape index (κ1) is 24.0. The molecule has 0 aliphatic heterocycles. The topological polar surface area (TPSA) is 30.5 Å². The van der Waals surface area contributed by atoms with E-state index in [0.29, 0.717) is 43.5 Å². The lowest BCUT2D eigenvalue weighted by molar-refractivity contribution is 0.269. The summed E-state index contributed by atoms with van der Waals surface area (Å²) in [5.41, 5.74) is 2.84. The minimum absolute atomic E-state index is 0. The Morgan fingerprint density at radius 1 is 0.900 bits per heavy atom. The highest BCUT2D eigenvalue weighted by molar-refractivity contribution is 6.30. The minimum atomic E-state index is -0.157. The van der Waals surface area contributed by atoms with Crippen LogP contribution < -0.4 is 14.8 Å². The lowest BCUT2D eigenvalue weighted by Crippen LogP contribution is -2.17. The second-order valence-electron chi connectivity index (χ2n) is 6.65. The normalized spacial score (nSPS) is 10.4. The third kappa shape index (κ3) is 7.21. The van der Waals surface area contributed by atoms with Crippen molar-refractivity contribution in [3.05, 3.63) is 94.3 Å². The van der Waals surface area contributed by atoms with E-state index in [1.165, 1.54) is 6.07 Å². The van der Waals surface area contributed by atoms with Crippen molar-refractivity contribution in [3.63, 3.8) is 0 Å². The molecule has 0 spiro atoms. The molecule has 0 radical (unpaired) electrons. The standard InChI is InChI=1S/C24H25ClFNO2.ClH/c1-2-28-24-15-19(16-27-14-13-20-5-3-4-6-22(20)26)9-12-23(24)29-17-18-7-10-21(25)11-8-18;/h3-12,15,27H,2,13-14,16-17H2,1H3;1H. The molecule has 3 rings (SSSR count). The van der Waals surface area contributed by atoms with Crippen molar-refractivity contribution in [2.24, 2.45) is 0 Å². The van der Waals surface area contributed by atoms with Gasteiger partial charge in [0.05, 0.1) is 6.61 Å². The van der Waals surface area contributed by atoms with Crippen molar-refractivity contribution in [2.45, 2.75) is 26.5 Å². The molecule has 0 unspecified atom stereocenters. The first-order valence-electron chi connectivity index (χ1n) is 9.73. The minimum Gasteiger partial charge on any atom is -0.490 e. The second kappa shape index (κ2) is 12.4. The maximum Gasteiger partial charge on any atom is 0.161 e. The maximum absolute atomic E-state index is 13.7. The quantitative estimate of drug-likeness (QED) is 0.373.